The molecule has 4 nitrogen and oxygen atoms in total. The summed E-state index contributed by atoms with van der Waals surface area (Å²) in [7, 11) is 0. The van der Waals surface area contributed by atoms with Gasteiger partial charge in [-0.3, -0.25) is 9.36 Å². The Kier molecular flexibility index (Phi) is 5.28. The molecule has 140 valence electrons. The summed E-state index contributed by atoms with van der Waals surface area (Å²) in [6.07, 6.45) is 2.64. The summed E-state index contributed by atoms with van der Waals surface area (Å²) < 4.78 is 7.92. The van der Waals surface area contributed by atoms with Gasteiger partial charge in [0.15, 0.2) is 11.4 Å². The molecule has 0 saturated heterocycles. The van der Waals surface area contributed by atoms with E-state index >= 15 is 0 Å². The molecule has 0 bridgehead atoms. The number of hydrogen-bond donors (Lipinski definition) is 0. The topological polar surface area (TPSA) is 44.1 Å². The number of aromatic nitrogens is 2. The number of rotatable bonds is 6. The van der Waals surface area contributed by atoms with Crippen molar-refractivity contribution < 1.29 is 9.53 Å². The number of ether oxygens (including phenoxy) is 1. The Morgan fingerprint density at radius 2 is 2.00 bits per heavy atom. The lowest BCUT2D eigenvalue weighted by Crippen LogP contribution is -2.00. The summed E-state index contributed by atoms with van der Waals surface area (Å²) >= 11 is 7.77. The Hall–Kier alpha value is -2.89. The maximum Gasteiger partial charge on any atom is 0.194 e. The lowest BCUT2D eigenvalue weighted by Gasteiger charge is -2.14. The van der Waals surface area contributed by atoms with Crippen LogP contribution in [0.5, 0.6) is 5.75 Å². The predicted octanol–water partition coefficient (Wildman–Crippen LogP) is 5.95. The third kappa shape index (κ3) is 3.72. The molecule has 0 unspecified atom stereocenters. The number of aryl methyl sites for hydroxylation is 1. The number of halogens is 1. The first kappa shape index (κ1) is 18.5. The minimum absolute atomic E-state index is 0.459. The molecule has 4 rings (SSSR count). The summed E-state index contributed by atoms with van der Waals surface area (Å²) in [6.45, 7) is 2.43. The summed E-state index contributed by atoms with van der Waals surface area (Å²) in [5, 5.41) is 3.29. The third-order valence-corrected chi connectivity index (χ3v) is 5.40. The van der Waals surface area contributed by atoms with Gasteiger partial charge in [0, 0.05) is 22.2 Å². The van der Waals surface area contributed by atoms with E-state index in [4.69, 9.17) is 21.3 Å². The number of benzene rings is 2. The molecule has 0 fully saturated rings. The van der Waals surface area contributed by atoms with E-state index < -0.39 is 0 Å². The van der Waals surface area contributed by atoms with E-state index in [-0.39, 0.29) is 0 Å². The maximum absolute atomic E-state index is 11.2. The van der Waals surface area contributed by atoms with E-state index in [1.165, 1.54) is 11.3 Å². The highest BCUT2D eigenvalue weighted by molar-refractivity contribution is 7.12. The monoisotopic (exact) mass is 408 g/mol. The number of nitrogens with zero attached hydrogens (tertiary/aromatic N) is 2. The minimum atomic E-state index is 0.459. The molecule has 2 aromatic carbocycles. The van der Waals surface area contributed by atoms with Crippen molar-refractivity contribution in [1.29, 1.82) is 0 Å². The predicted molar refractivity (Wildman–Crippen MR) is 113 cm³/mol. The normalized spacial score (nSPS) is 10.8. The van der Waals surface area contributed by atoms with Gasteiger partial charge in [0.1, 0.15) is 12.4 Å². The van der Waals surface area contributed by atoms with E-state index in [2.05, 4.69) is 0 Å². The minimum Gasteiger partial charge on any atom is -0.488 e. The average molecular weight is 409 g/mol. The molecule has 4 aromatic rings. The van der Waals surface area contributed by atoms with Crippen LogP contribution >= 0.6 is 22.9 Å². The molecule has 0 amide bonds. The number of aldehydes is 1. The largest absolute Gasteiger partial charge is 0.488 e. The number of hydrogen-bond acceptors (Lipinski definition) is 4. The third-order valence-electron chi connectivity index (χ3n) is 4.34. The quantitative estimate of drug-likeness (QED) is 0.370. The van der Waals surface area contributed by atoms with Gasteiger partial charge in [0.2, 0.25) is 0 Å². The molecular weight excluding hydrogens is 392 g/mol. The van der Waals surface area contributed by atoms with Crippen LogP contribution in [0.1, 0.15) is 21.6 Å². The maximum atomic E-state index is 11.2. The summed E-state index contributed by atoms with van der Waals surface area (Å²) in [5.41, 5.74) is 4.19. The van der Waals surface area contributed by atoms with E-state index in [0.717, 1.165) is 34.4 Å². The lowest BCUT2D eigenvalue weighted by molar-refractivity contribution is 0.111. The Morgan fingerprint density at radius 1 is 1.18 bits per heavy atom. The molecule has 2 heterocycles. The van der Waals surface area contributed by atoms with Gasteiger partial charge in [0.05, 0.1) is 11.4 Å². The molecule has 0 N–H and O–H groups in total. The van der Waals surface area contributed by atoms with Gasteiger partial charge >= 0.3 is 0 Å². The van der Waals surface area contributed by atoms with Crippen LogP contribution in [-0.2, 0) is 6.61 Å². The fraction of sp³-hybridized carbons (Fsp3) is 0.0909. The van der Waals surface area contributed by atoms with E-state index in [9.17, 15) is 4.79 Å². The average Bonchev–Trinajstić information content (AvgIpc) is 3.36. The van der Waals surface area contributed by atoms with Crippen molar-refractivity contribution in [3.05, 3.63) is 88.0 Å². The van der Waals surface area contributed by atoms with Crippen molar-refractivity contribution in [2.45, 2.75) is 13.5 Å². The molecule has 6 heteroatoms. The Bertz CT molecular complexity index is 1120. The second kappa shape index (κ2) is 8.00. The Morgan fingerprint density at radius 3 is 2.79 bits per heavy atom. The summed E-state index contributed by atoms with van der Waals surface area (Å²) in [4.78, 5) is 15.9. The molecule has 0 spiro atoms. The van der Waals surface area contributed by atoms with Crippen molar-refractivity contribution in [3.63, 3.8) is 0 Å². The molecule has 0 aliphatic carbocycles. The van der Waals surface area contributed by atoms with Gasteiger partial charge in [-0.1, -0.05) is 41.9 Å². The Balaban J connectivity index is 1.70. The van der Waals surface area contributed by atoms with E-state index in [1.807, 2.05) is 67.0 Å². The van der Waals surface area contributed by atoms with Crippen molar-refractivity contribution in [2.24, 2.45) is 0 Å². The van der Waals surface area contributed by atoms with Gasteiger partial charge in [0.25, 0.3) is 0 Å². The molecule has 0 aliphatic rings. The zero-order valence-electron chi connectivity index (χ0n) is 15.1. The van der Waals surface area contributed by atoms with Crippen molar-refractivity contribution in [2.75, 3.05) is 0 Å². The van der Waals surface area contributed by atoms with Crippen LogP contribution in [0.15, 0.2) is 66.2 Å². The van der Waals surface area contributed by atoms with Crippen LogP contribution in [0.3, 0.4) is 0 Å². The SMILES string of the molecule is Cc1cc(Cl)cc(-c2csc(-n3cccc3C=O)n2)c1OCc1ccccc1. The number of thiazole rings is 1. The second-order valence-electron chi connectivity index (χ2n) is 6.31. The van der Waals surface area contributed by atoms with Gasteiger partial charge in [-0.15, -0.1) is 11.3 Å². The van der Waals surface area contributed by atoms with Crippen LogP contribution in [0, 0.1) is 6.92 Å². The zero-order valence-corrected chi connectivity index (χ0v) is 16.7. The number of carbonyl (C=O) groups is 1. The summed E-state index contributed by atoms with van der Waals surface area (Å²) in [5.74, 6) is 0.758. The first-order valence-electron chi connectivity index (χ1n) is 8.71. The van der Waals surface area contributed by atoms with Gasteiger partial charge in [-0.2, -0.15) is 0 Å². The standard InChI is InChI=1S/C22H17ClN2O2S/c1-15-10-17(23)11-19(21(15)27-13-16-6-3-2-4-7-16)20-14-28-22(24-20)25-9-5-8-18(25)12-26/h2-12,14H,13H2,1H3. The van der Waals surface area contributed by atoms with E-state index in [0.29, 0.717) is 22.5 Å². The highest BCUT2D eigenvalue weighted by Gasteiger charge is 2.16. The van der Waals surface area contributed by atoms with Crippen molar-refractivity contribution in [1.82, 2.24) is 9.55 Å². The molecule has 2 aromatic heterocycles. The molecule has 0 radical (unpaired) electrons. The fourth-order valence-corrected chi connectivity index (χ4v) is 4.10. The molecule has 0 atom stereocenters. The Labute approximate surface area is 172 Å². The first-order chi connectivity index (χ1) is 13.7. The van der Waals surface area contributed by atoms with Gasteiger partial charge in [-0.05, 0) is 42.3 Å². The lowest BCUT2D eigenvalue weighted by atomic mass is 10.1. The van der Waals surface area contributed by atoms with Crippen LogP contribution in [0.4, 0.5) is 0 Å². The highest BCUT2D eigenvalue weighted by atomic mass is 35.5. The highest BCUT2D eigenvalue weighted by Crippen LogP contribution is 2.37. The molecular formula is C22H17ClN2O2S. The smallest absolute Gasteiger partial charge is 0.194 e. The van der Waals surface area contributed by atoms with E-state index in [1.54, 1.807) is 10.6 Å². The van der Waals surface area contributed by atoms with Crippen LogP contribution < -0.4 is 4.74 Å². The van der Waals surface area contributed by atoms with Crippen LogP contribution in [-0.4, -0.2) is 15.8 Å². The first-order valence-corrected chi connectivity index (χ1v) is 9.97. The second-order valence-corrected chi connectivity index (χ2v) is 7.58. The molecule has 28 heavy (non-hydrogen) atoms. The molecule has 0 saturated carbocycles. The zero-order chi connectivity index (χ0) is 19.5. The van der Waals surface area contributed by atoms with Gasteiger partial charge in [-0.25, -0.2) is 4.98 Å². The summed E-state index contributed by atoms with van der Waals surface area (Å²) in [6, 6.07) is 17.3. The van der Waals surface area contributed by atoms with Gasteiger partial charge < -0.3 is 4.74 Å². The van der Waals surface area contributed by atoms with Crippen LogP contribution in [0.2, 0.25) is 5.02 Å². The van der Waals surface area contributed by atoms with Crippen molar-refractivity contribution in [3.8, 4) is 22.1 Å². The fourth-order valence-electron chi connectivity index (χ4n) is 3.00. The van der Waals surface area contributed by atoms with Crippen LogP contribution in [0.25, 0.3) is 16.4 Å². The van der Waals surface area contributed by atoms with Crippen molar-refractivity contribution >= 4 is 29.2 Å². The number of carbonyl (C=O) groups excluding carboxylic acids is 1. The molecule has 0 aliphatic heterocycles.